The zero-order valence-corrected chi connectivity index (χ0v) is 12.9. The smallest absolute Gasteiger partial charge is 0.271 e. The molecule has 0 bridgehead atoms. The Bertz CT molecular complexity index is 813. The summed E-state index contributed by atoms with van der Waals surface area (Å²) < 4.78 is 5.72. The Balaban J connectivity index is 1.57. The van der Waals surface area contributed by atoms with Gasteiger partial charge < -0.3 is 4.74 Å². The molecule has 1 amide bonds. The molecule has 1 N–H and O–H groups in total. The van der Waals surface area contributed by atoms with Crippen molar-refractivity contribution in [1.82, 2.24) is 5.43 Å². The number of para-hydroxylation sites is 1. The van der Waals surface area contributed by atoms with Crippen molar-refractivity contribution in [2.45, 2.75) is 0 Å². The fourth-order valence-electron chi connectivity index (χ4n) is 2.07. The van der Waals surface area contributed by atoms with Crippen LogP contribution in [0, 0.1) is 0 Å². The molecule has 0 unspecified atom stereocenters. The molecule has 3 rings (SSSR count). The van der Waals surface area contributed by atoms with Crippen molar-refractivity contribution in [2.24, 2.45) is 5.10 Å². The van der Waals surface area contributed by atoms with Gasteiger partial charge in [0.05, 0.1) is 6.21 Å². The van der Waals surface area contributed by atoms with Crippen molar-refractivity contribution in [2.75, 3.05) is 0 Å². The van der Waals surface area contributed by atoms with Crippen molar-refractivity contribution < 1.29 is 9.53 Å². The number of hydrogen-bond donors (Lipinski definition) is 1. The predicted octanol–water partition coefficient (Wildman–Crippen LogP) is 4.24. The van der Waals surface area contributed by atoms with Gasteiger partial charge in [-0.15, -0.1) is 0 Å². The van der Waals surface area contributed by atoms with Crippen molar-refractivity contribution >= 4 is 12.1 Å². The van der Waals surface area contributed by atoms with Crippen LogP contribution in [-0.4, -0.2) is 12.1 Å². The van der Waals surface area contributed by atoms with Crippen LogP contribution in [0.2, 0.25) is 0 Å². The van der Waals surface area contributed by atoms with Crippen LogP contribution < -0.4 is 10.2 Å². The normalized spacial score (nSPS) is 10.5. The maximum absolute atomic E-state index is 11.8. The van der Waals surface area contributed by atoms with E-state index in [2.05, 4.69) is 10.5 Å². The Morgan fingerprint density at radius 1 is 0.792 bits per heavy atom. The summed E-state index contributed by atoms with van der Waals surface area (Å²) in [4.78, 5) is 11.8. The van der Waals surface area contributed by atoms with Gasteiger partial charge in [0.2, 0.25) is 0 Å². The molecule has 118 valence electrons. The SMILES string of the molecule is O=C(NN=Cc1ccc(Oc2ccccc2)cc1)c1ccccc1. The average Bonchev–Trinajstić information content (AvgIpc) is 2.65. The number of hydrogen-bond acceptors (Lipinski definition) is 3. The van der Waals surface area contributed by atoms with Gasteiger partial charge in [-0.25, -0.2) is 5.43 Å². The number of benzene rings is 3. The van der Waals surface area contributed by atoms with Gasteiger partial charge in [-0.05, 0) is 54.1 Å². The van der Waals surface area contributed by atoms with E-state index in [0.29, 0.717) is 5.56 Å². The molecule has 0 saturated heterocycles. The van der Waals surface area contributed by atoms with E-state index in [9.17, 15) is 4.79 Å². The lowest BCUT2D eigenvalue weighted by Gasteiger charge is -2.05. The fraction of sp³-hybridized carbons (Fsp3) is 0. The molecule has 0 aliphatic heterocycles. The van der Waals surface area contributed by atoms with Gasteiger partial charge in [-0.1, -0.05) is 36.4 Å². The summed E-state index contributed by atoms with van der Waals surface area (Å²) in [6, 6.07) is 26.0. The molecular formula is C20H16N2O2. The molecule has 24 heavy (non-hydrogen) atoms. The van der Waals surface area contributed by atoms with E-state index in [4.69, 9.17) is 4.74 Å². The molecule has 0 spiro atoms. The fourth-order valence-corrected chi connectivity index (χ4v) is 2.07. The summed E-state index contributed by atoms with van der Waals surface area (Å²) in [5.41, 5.74) is 3.94. The average molecular weight is 316 g/mol. The first-order valence-electron chi connectivity index (χ1n) is 7.53. The zero-order valence-electron chi connectivity index (χ0n) is 12.9. The van der Waals surface area contributed by atoms with Gasteiger partial charge in [0.25, 0.3) is 5.91 Å². The Morgan fingerprint density at radius 3 is 2.04 bits per heavy atom. The first-order valence-corrected chi connectivity index (χ1v) is 7.53. The molecule has 4 nitrogen and oxygen atoms in total. The maximum atomic E-state index is 11.8. The molecule has 0 radical (unpaired) electrons. The second kappa shape index (κ2) is 7.74. The van der Waals surface area contributed by atoms with E-state index >= 15 is 0 Å². The molecule has 0 aliphatic carbocycles. The summed E-state index contributed by atoms with van der Waals surface area (Å²) in [6.07, 6.45) is 1.59. The summed E-state index contributed by atoms with van der Waals surface area (Å²) in [5, 5.41) is 3.97. The van der Waals surface area contributed by atoms with Gasteiger partial charge in [-0.3, -0.25) is 4.79 Å². The third kappa shape index (κ3) is 4.30. The number of hydrazone groups is 1. The highest BCUT2D eigenvalue weighted by Gasteiger charge is 2.01. The number of carbonyl (C=O) groups is 1. The van der Waals surface area contributed by atoms with E-state index in [1.165, 1.54) is 0 Å². The number of ether oxygens (including phenoxy) is 1. The zero-order chi connectivity index (χ0) is 16.6. The molecule has 0 aromatic heterocycles. The van der Waals surface area contributed by atoms with E-state index in [1.807, 2.05) is 72.8 Å². The number of nitrogens with one attached hydrogen (secondary N) is 1. The lowest BCUT2D eigenvalue weighted by molar-refractivity contribution is 0.0955. The Hall–Kier alpha value is -3.40. The van der Waals surface area contributed by atoms with Gasteiger partial charge in [0, 0.05) is 5.56 Å². The first-order chi connectivity index (χ1) is 11.8. The number of carbonyl (C=O) groups excluding carboxylic acids is 1. The lowest BCUT2D eigenvalue weighted by Crippen LogP contribution is -2.17. The minimum absolute atomic E-state index is 0.240. The van der Waals surface area contributed by atoms with Crippen LogP contribution in [0.1, 0.15) is 15.9 Å². The standard InChI is InChI=1S/C20H16N2O2/c23-20(17-7-3-1-4-8-17)22-21-15-16-11-13-19(14-12-16)24-18-9-5-2-6-10-18/h1-15H,(H,22,23). The number of amides is 1. The van der Waals surface area contributed by atoms with Crippen LogP contribution in [0.25, 0.3) is 0 Å². The summed E-state index contributed by atoms with van der Waals surface area (Å²) >= 11 is 0. The Kier molecular flexibility index (Phi) is 5.00. The summed E-state index contributed by atoms with van der Waals surface area (Å²) in [5.74, 6) is 1.29. The maximum Gasteiger partial charge on any atom is 0.271 e. The number of nitrogens with zero attached hydrogens (tertiary/aromatic N) is 1. The summed E-state index contributed by atoms with van der Waals surface area (Å²) in [6.45, 7) is 0. The summed E-state index contributed by atoms with van der Waals surface area (Å²) in [7, 11) is 0. The molecule has 0 saturated carbocycles. The van der Waals surface area contributed by atoms with E-state index in [1.54, 1.807) is 18.3 Å². The molecule has 0 heterocycles. The molecule has 0 fully saturated rings. The van der Waals surface area contributed by atoms with Crippen LogP contribution in [0.5, 0.6) is 11.5 Å². The Morgan fingerprint density at radius 2 is 1.38 bits per heavy atom. The predicted molar refractivity (Wildman–Crippen MR) is 94.5 cm³/mol. The van der Waals surface area contributed by atoms with Gasteiger partial charge in [-0.2, -0.15) is 5.10 Å². The van der Waals surface area contributed by atoms with Crippen molar-refractivity contribution in [3.05, 3.63) is 96.1 Å². The van der Waals surface area contributed by atoms with Crippen LogP contribution >= 0.6 is 0 Å². The molecular weight excluding hydrogens is 300 g/mol. The van der Waals surface area contributed by atoms with Crippen LogP contribution in [0.3, 0.4) is 0 Å². The lowest BCUT2D eigenvalue weighted by atomic mass is 10.2. The highest BCUT2D eigenvalue weighted by Crippen LogP contribution is 2.20. The van der Waals surface area contributed by atoms with Crippen molar-refractivity contribution in [3.63, 3.8) is 0 Å². The third-order valence-electron chi connectivity index (χ3n) is 3.27. The van der Waals surface area contributed by atoms with Crippen LogP contribution in [-0.2, 0) is 0 Å². The molecule has 4 heteroatoms. The van der Waals surface area contributed by atoms with Gasteiger partial charge in [0.15, 0.2) is 0 Å². The second-order valence-electron chi connectivity index (χ2n) is 5.05. The molecule has 0 aliphatic rings. The van der Waals surface area contributed by atoms with Gasteiger partial charge in [0.1, 0.15) is 11.5 Å². The van der Waals surface area contributed by atoms with E-state index in [0.717, 1.165) is 17.1 Å². The minimum atomic E-state index is -0.240. The molecule has 3 aromatic rings. The van der Waals surface area contributed by atoms with E-state index in [-0.39, 0.29) is 5.91 Å². The van der Waals surface area contributed by atoms with Crippen LogP contribution in [0.15, 0.2) is 90.0 Å². The molecule has 3 aromatic carbocycles. The van der Waals surface area contributed by atoms with E-state index < -0.39 is 0 Å². The second-order valence-corrected chi connectivity index (χ2v) is 5.05. The third-order valence-corrected chi connectivity index (χ3v) is 3.27. The van der Waals surface area contributed by atoms with Crippen molar-refractivity contribution in [1.29, 1.82) is 0 Å². The first kappa shape index (κ1) is 15.5. The van der Waals surface area contributed by atoms with Gasteiger partial charge >= 0.3 is 0 Å². The Labute approximate surface area is 140 Å². The topological polar surface area (TPSA) is 50.7 Å². The minimum Gasteiger partial charge on any atom is -0.457 e. The monoisotopic (exact) mass is 316 g/mol. The van der Waals surface area contributed by atoms with Crippen molar-refractivity contribution in [3.8, 4) is 11.5 Å². The van der Waals surface area contributed by atoms with Crippen LogP contribution in [0.4, 0.5) is 0 Å². The molecule has 0 atom stereocenters. The highest BCUT2D eigenvalue weighted by molar-refractivity contribution is 5.94. The quantitative estimate of drug-likeness (QED) is 0.565. The number of rotatable bonds is 5. The largest absolute Gasteiger partial charge is 0.457 e. The highest BCUT2D eigenvalue weighted by atomic mass is 16.5.